The average molecular weight is 225 g/mol. The van der Waals surface area contributed by atoms with Crippen molar-refractivity contribution in [1.82, 2.24) is 0 Å². The van der Waals surface area contributed by atoms with Crippen LogP contribution in [0, 0.1) is 0 Å². The van der Waals surface area contributed by atoms with Gasteiger partial charge in [-0.25, -0.2) is 0 Å². The number of hydrogen-bond acceptors (Lipinski definition) is 0. The van der Waals surface area contributed by atoms with Crippen LogP contribution in [0.15, 0.2) is 0 Å². The van der Waals surface area contributed by atoms with E-state index in [1.807, 2.05) is 8.58 Å². The molecule has 0 aliphatic heterocycles. The molecule has 0 nitrogen and oxygen atoms in total. The van der Waals surface area contributed by atoms with E-state index in [1.165, 1.54) is 77.0 Å². The Morgan fingerprint density at radius 1 is 0.467 bits per heavy atom. The molecule has 0 N–H and O–H groups in total. The first kappa shape index (κ1) is 11.9. The molecule has 1 radical (unpaired) electrons. The van der Waals surface area contributed by atoms with Gasteiger partial charge < -0.3 is 0 Å². The van der Waals surface area contributed by atoms with Crippen molar-refractivity contribution in [1.29, 1.82) is 0 Å². The van der Waals surface area contributed by atoms with Crippen molar-refractivity contribution in [2.45, 2.75) is 88.4 Å². The quantitative estimate of drug-likeness (QED) is 0.553. The Morgan fingerprint density at radius 3 is 1.27 bits per heavy atom. The molecule has 2 fully saturated rings. The maximum atomic E-state index is 1.84. The van der Waals surface area contributed by atoms with Gasteiger partial charge in [-0.15, -0.1) is 0 Å². The third-order valence-electron chi connectivity index (χ3n) is 4.07. The van der Waals surface area contributed by atoms with Crippen LogP contribution in [-0.2, 0) is 0 Å². The van der Waals surface area contributed by atoms with E-state index in [2.05, 4.69) is 0 Å². The summed E-state index contributed by atoms with van der Waals surface area (Å²) >= 11 is 0. The van der Waals surface area contributed by atoms with E-state index in [0.29, 0.717) is 0 Å². The molecule has 0 aromatic carbocycles. The molecule has 0 aromatic heterocycles. The molecule has 0 aromatic rings. The van der Waals surface area contributed by atoms with Crippen LogP contribution in [0.2, 0.25) is 0 Å². The molecule has 2 aliphatic carbocycles. The predicted octanol–water partition coefficient (Wildman–Crippen LogP) is 5.38. The summed E-state index contributed by atoms with van der Waals surface area (Å²) < 4.78 is 0. The van der Waals surface area contributed by atoms with Gasteiger partial charge in [0.1, 0.15) is 0 Å². The third kappa shape index (κ3) is 4.43. The highest BCUT2D eigenvalue weighted by atomic mass is 31.1. The second-order valence-electron chi connectivity index (χ2n) is 5.44. The Bertz CT molecular complexity index is 153. The van der Waals surface area contributed by atoms with Crippen LogP contribution in [0.4, 0.5) is 0 Å². The smallest absolute Gasteiger partial charge is 0.0168 e. The molecule has 0 bridgehead atoms. The fourth-order valence-electron chi connectivity index (χ4n) is 3.11. The van der Waals surface area contributed by atoms with Crippen LogP contribution in [0.5, 0.6) is 0 Å². The van der Waals surface area contributed by atoms with Gasteiger partial charge >= 0.3 is 0 Å². The monoisotopic (exact) mass is 225 g/mol. The molecule has 0 heterocycles. The minimum absolute atomic E-state index is 1.08. The highest BCUT2D eigenvalue weighted by molar-refractivity contribution is 7.39. The molecular formula is C14H26P. The van der Waals surface area contributed by atoms with E-state index in [9.17, 15) is 0 Å². The summed E-state index contributed by atoms with van der Waals surface area (Å²) in [4.78, 5) is 0. The SMILES string of the molecule is C1CCCC([P]C2CCCCC2)CCC1. The van der Waals surface area contributed by atoms with Gasteiger partial charge in [0.05, 0.1) is 0 Å². The van der Waals surface area contributed by atoms with Gasteiger partial charge in [-0.1, -0.05) is 59.9 Å². The van der Waals surface area contributed by atoms with Crippen molar-refractivity contribution in [2.24, 2.45) is 0 Å². The maximum Gasteiger partial charge on any atom is -0.0168 e. The standard InChI is InChI=1S/C14H26P/c1-2-5-9-13(10-6-3-1)15-14-11-7-4-8-12-14/h13-14H,1-12H2. The van der Waals surface area contributed by atoms with E-state index in [4.69, 9.17) is 0 Å². The first-order valence-corrected chi connectivity index (χ1v) is 8.18. The highest BCUT2D eigenvalue weighted by Gasteiger charge is 2.19. The Balaban J connectivity index is 1.70. The first-order chi connectivity index (χ1) is 7.45. The summed E-state index contributed by atoms with van der Waals surface area (Å²) in [6.45, 7) is 0. The zero-order valence-electron chi connectivity index (χ0n) is 10.1. The van der Waals surface area contributed by atoms with Crippen molar-refractivity contribution in [3.05, 3.63) is 0 Å². The molecule has 0 unspecified atom stereocenters. The molecule has 2 saturated carbocycles. The molecular weight excluding hydrogens is 199 g/mol. The maximum absolute atomic E-state index is 1.84. The van der Waals surface area contributed by atoms with E-state index >= 15 is 0 Å². The second kappa shape index (κ2) is 6.89. The van der Waals surface area contributed by atoms with Crippen molar-refractivity contribution in [2.75, 3.05) is 0 Å². The van der Waals surface area contributed by atoms with E-state index in [0.717, 1.165) is 11.3 Å². The molecule has 0 amide bonds. The lowest BCUT2D eigenvalue weighted by atomic mass is 10.00. The van der Waals surface area contributed by atoms with Crippen LogP contribution >= 0.6 is 8.58 Å². The van der Waals surface area contributed by atoms with Crippen LogP contribution in [-0.4, -0.2) is 11.3 Å². The number of rotatable bonds is 2. The summed E-state index contributed by atoms with van der Waals surface area (Å²) in [5.74, 6) is 0. The van der Waals surface area contributed by atoms with Gasteiger partial charge in [-0.05, 0) is 37.0 Å². The van der Waals surface area contributed by atoms with Crippen molar-refractivity contribution < 1.29 is 0 Å². The zero-order chi connectivity index (χ0) is 10.3. The van der Waals surface area contributed by atoms with Crippen LogP contribution in [0.1, 0.15) is 77.0 Å². The summed E-state index contributed by atoms with van der Waals surface area (Å²) in [5.41, 5.74) is 2.16. The Labute approximate surface area is 97.4 Å². The molecule has 2 aliphatic rings. The van der Waals surface area contributed by atoms with Gasteiger partial charge in [0.2, 0.25) is 0 Å². The van der Waals surface area contributed by atoms with Crippen molar-refractivity contribution in [3.8, 4) is 0 Å². The lowest BCUT2D eigenvalue weighted by molar-refractivity contribution is 0.492. The fourth-order valence-corrected chi connectivity index (χ4v) is 5.03. The van der Waals surface area contributed by atoms with Crippen molar-refractivity contribution in [3.63, 3.8) is 0 Å². The normalized spacial score (nSPS) is 28.0. The largest absolute Gasteiger partial charge is 0.0741 e. The molecule has 0 saturated heterocycles. The Kier molecular flexibility index (Phi) is 5.47. The molecule has 2 rings (SSSR count). The van der Waals surface area contributed by atoms with Gasteiger partial charge in [-0.2, -0.15) is 0 Å². The number of hydrogen-bond donors (Lipinski definition) is 0. The first-order valence-electron chi connectivity index (χ1n) is 7.15. The minimum Gasteiger partial charge on any atom is -0.0741 e. The Hall–Kier alpha value is 0.430. The van der Waals surface area contributed by atoms with E-state index in [1.54, 1.807) is 0 Å². The summed E-state index contributed by atoms with van der Waals surface area (Å²) in [5, 5.41) is 0. The lowest BCUT2D eigenvalue weighted by Crippen LogP contribution is -2.13. The highest BCUT2D eigenvalue weighted by Crippen LogP contribution is 2.40. The summed E-state index contributed by atoms with van der Waals surface area (Å²) in [7, 11) is 1.84. The molecule has 0 spiro atoms. The minimum atomic E-state index is 1.08. The zero-order valence-corrected chi connectivity index (χ0v) is 11.0. The molecule has 0 atom stereocenters. The van der Waals surface area contributed by atoms with Gasteiger partial charge in [0.25, 0.3) is 0 Å². The van der Waals surface area contributed by atoms with Crippen LogP contribution in [0.3, 0.4) is 0 Å². The Morgan fingerprint density at radius 2 is 0.800 bits per heavy atom. The summed E-state index contributed by atoms with van der Waals surface area (Å²) in [6, 6.07) is 0. The fraction of sp³-hybridized carbons (Fsp3) is 1.00. The predicted molar refractivity (Wildman–Crippen MR) is 69.9 cm³/mol. The van der Waals surface area contributed by atoms with Crippen molar-refractivity contribution >= 4 is 8.58 Å². The average Bonchev–Trinajstić information content (AvgIpc) is 2.23. The van der Waals surface area contributed by atoms with E-state index < -0.39 is 0 Å². The van der Waals surface area contributed by atoms with Gasteiger partial charge in [0, 0.05) is 0 Å². The van der Waals surface area contributed by atoms with Crippen LogP contribution < -0.4 is 0 Å². The molecule has 87 valence electrons. The topological polar surface area (TPSA) is 0 Å². The van der Waals surface area contributed by atoms with Crippen LogP contribution in [0.25, 0.3) is 0 Å². The van der Waals surface area contributed by atoms with Gasteiger partial charge in [-0.3, -0.25) is 0 Å². The molecule has 1 heteroatoms. The molecule has 15 heavy (non-hydrogen) atoms. The summed E-state index contributed by atoms with van der Waals surface area (Å²) in [6.07, 6.45) is 18.3. The second-order valence-corrected chi connectivity index (χ2v) is 7.20. The van der Waals surface area contributed by atoms with E-state index in [-0.39, 0.29) is 0 Å². The lowest BCUT2D eigenvalue weighted by Gasteiger charge is -2.27. The van der Waals surface area contributed by atoms with Gasteiger partial charge in [0.15, 0.2) is 0 Å². The third-order valence-corrected chi connectivity index (χ3v) is 5.95.